The first-order chi connectivity index (χ1) is 4.30. The minimum atomic E-state index is 0. The Hall–Kier alpha value is 0.466. The summed E-state index contributed by atoms with van der Waals surface area (Å²) in [6.07, 6.45) is 0. The summed E-state index contributed by atoms with van der Waals surface area (Å²) in [6.45, 7) is 4.34. The molecule has 0 saturated carbocycles. The average molecular weight is 223 g/mol. The van der Waals surface area contributed by atoms with Crippen LogP contribution in [-0.2, 0) is 0 Å². The molecule has 0 nitrogen and oxygen atoms in total. The number of hydrogen-bond donors (Lipinski definition) is 0. The summed E-state index contributed by atoms with van der Waals surface area (Å²) < 4.78 is 0. The van der Waals surface area contributed by atoms with Gasteiger partial charge in [-0.05, 0) is 5.92 Å². The van der Waals surface area contributed by atoms with Crippen molar-refractivity contribution in [2.24, 2.45) is 0 Å². The fourth-order valence-electron chi connectivity index (χ4n) is 0.766. The third kappa shape index (κ3) is 4.83. The van der Waals surface area contributed by atoms with Crippen molar-refractivity contribution < 1.29 is 17.0 Å². The molecule has 0 aromatic heterocycles. The van der Waals surface area contributed by atoms with Gasteiger partial charge >= 0.3 is 23.1 Å². The molecule has 0 radical (unpaired) electrons. The quantitative estimate of drug-likeness (QED) is 0.433. The van der Waals surface area contributed by atoms with Crippen LogP contribution < -0.4 is 17.0 Å². The molecule has 2 heteroatoms. The zero-order valence-corrected chi connectivity index (χ0v) is 9.97. The van der Waals surface area contributed by atoms with Gasteiger partial charge in [-0.15, -0.1) is 0 Å². The number of halogens is 1. The minimum absolute atomic E-state index is 0. The van der Waals surface area contributed by atoms with Crippen LogP contribution in [0.3, 0.4) is 0 Å². The first kappa shape index (κ1) is 14.0. The summed E-state index contributed by atoms with van der Waals surface area (Å²) in [5.41, 5.74) is 1.29. The summed E-state index contributed by atoms with van der Waals surface area (Å²) in [5, 5.41) is 0. The topological polar surface area (TPSA) is 0 Å². The maximum atomic E-state index is 3.17. The normalized spacial score (nSPS) is 8.27. The van der Waals surface area contributed by atoms with E-state index in [1.807, 2.05) is 18.2 Å². The van der Waals surface area contributed by atoms with E-state index in [4.69, 9.17) is 0 Å². The van der Waals surface area contributed by atoms with Crippen molar-refractivity contribution in [1.82, 2.24) is 0 Å². The zero-order chi connectivity index (χ0) is 6.69. The first-order valence-corrected chi connectivity index (χ1v) is 3.27. The molecular formula is C9H11BrMg. The summed E-state index contributed by atoms with van der Waals surface area (Å²) in [5.74, 6) is 0.603. The van der Waals surface area contributed by atoms with Gasteiger partial charge in [-0.1, -0.05) is 13.8 Å². The van der Waals surface area contributed by atoms with E-state index in [0.29, 0.717) is 5.92 Å². The van der Waals surface area contributed by atoms with Gasteiger partial charge in [-0.3, -0.25) is 0 Å². The summed E-state index contributed by atoms with van der Waals surface area (Å²) >= 11 is 0. The number of hydrogen-bond acceptors (Lipinski definition) is 0. The van der Waals surface area contributed by atoms with Crippen LogP contribution >= 0.6 is 0 Å². The van der Waals surface area contributed by atoms with Gasteiger partial charge in [0.15, 0.2) is 0 Å². The van der Waals surface area contributed by atoms with E-state index in [2.05, 4.69) is 26.0 Å². The first-order valence-electron chi connectivity index (χ1n) is 3.27. The van der Waals surface area contributed by atoms with Crippen LogP contribution in [0.15, 0.2) is 24.3 Å². The monoisotopic (exact) mass is 222 g/mol. The van der Waals surface area contributed by atoms with Crippen LogP contribution in [0.1, 0.15) is 25.3 Å². The number of rotatable bonds is 1. The molecule has 0 bridgehead atoms. The molecule has 56 valence electrons. The molecule has 11 heavy (non-hydrogen) atoms. The zero-order valence-electron chi connectivity index (χ0n) is 6.97. The van der Waals surface area contributed by atoms with Crippen LogP contribution in [0.5, 0.6) is 0 Å². The van der Waals surface area contributed by atoms with Gasteiger partial charge in [0, 0.05) is 0 Å². The molecule has 0 heterocycles. The molecule has 1 aromatic rings. The second-order valence-corrected chi connectivity index (χ2v) is 2.47. The van der Waals surface area contributed by atoms with Crippen molar-refractivity contribution in [2.45, 2.75) is 19.8 Å². The van der Waals surface area contributed by atoms with Crippen LogP contribution in [-0.4, -0.2) is 23.1 Å². The molecule has 0 unspecified atom stereocenters. The third-order valence-electron chi connectivity index (χ3n) is 1.36. The van der Waals surface area contributed by atoms with Gasteiger partial charge in [0.2, 0.25) is 0 Å². The van der Waals surface area contributed by atoms with Gasteiger partial charge in [0.05, 0.1) is 0 Å². The van der Waals surface area contributed by atoms with Crippen molar-refractivity contribution in [3.05, 3.63) is 35.9 Å². The molecule has 0 spiro atoms. The second-order valence-electron chi connectivity index (χ2n) is 2.47. The molecular weight excluding hydrogens is 212 g/mol. The smallest absolute Gasteiger partial charge is 1.00 e. The Bertz CT molecular complexity index is 172. The fraction of sp³-hybridized carbons (Fsp3) is 0.333. The van der Waals surface area contributed by atoms with Crippen molar-refractivity contribution >= 4 is 23.1 Å². The molecule has 0 aliphatic carbocycles. The molecule has 0 N–H and O–H groups in total. The molecule has 0 saturated heterocycles. The van der Waals surface area contributed by atoms with Gasteiger partial charge in [-0.2, -0.15) is 35.9 Å². The van der Waals surface area contributed by atoms with Crippen molar-refractivity contribution in [2.75, 3.05) is 0 Å². The van der Waals surface area contributed by atoms with E-state index in [9.17, 15) is 0 Å². The van der Waals surface area contributed by atoms with Gasteiger partial charge in [0.25, 0.3) is 0 Å². The Morgan fingerprint density at radius 1 is 1.27 bits per heavy atom. The van der Waals surface area contributed by atoms with Crippen molar-refractivity contribution in [3.8, 4) is 0 Å². The average Bonchev–Trinajstić information content (AvgIpc) is 1.90. The van der Waals surface area contributed by atoms with Crippen LogP contribution in [0.2, 0.25) is 0 Å². The van der Waals surface area contributed by atoms with E-state index in [0.717, 1.165) is 0 Å². The second kappa shape index (κ2) is 7.13. The van der Waals surface area contributed by atoms with E-state index in [1.54, 1.807) is 0 Å². The van der Waals surface area contributed by atoms with E-state index < -0.39 is 0 Å². The largest absolute Gasteiger partial charge is 2.00 e. The van der Waals surface area contributed by atoms with Gasteiger partial charge in [0.1, 0.15) is 0 Å². The Morgan fingerprint density at radius 2 is 1.91 bits per heavy atom. The summed E-state index contributed by atoms with van der Waals surface area (Å²) in [7, 11) is 0. The molecule has 0 atom stereocenters. The van der Waals surface area contributed by atoms with E-state index >= 15 is 0 Å². The summed E-state index contributed by atoms with van der Waals surface area (Å²) in [6, 6.07) is 11.3. The molecule has 1 aromatic carbocycles. The molecule has 1 rings (SSSR count). The standard InChI is InChI=1S/C9H11.BrH.Mg/c1-8(2)9-6-4-3-5-7-9;;/h3-6,8H,1-2H3;1H;/q-1;;+2/p-1. The minimum Gasteiger partial charge on any atom is -1.00 e. The van der Waals surface area contributed by atoms with Crippen LogP contribution in [0.4, 0.5) is 0 Å². The van der Waals surface area contributed by atoms with Gasteiger partial charge < -0.3 is 17.0 Å². The third-order valence-corrected chi connectivity index (χ3v) is 1.36. The predicted molar refractivity (Wildman–Crippen MR) is 45.1 cm³/mol. The van der Waals surface area contributed by atoms with E-state index in [-0.39, 0.29) is 40.0 Å². The van der Waals surface area contributed by atoms with Crippen molar-refractivity contribution in [3.63, 3.8) is 0 Å². The predicted octanol–water partition coefficient (Wildman–Crippen LogP) is -0.767. The molecule has 0 fully saturated rings. The molecule has 0 aliphatic rings. The van der Waals surface area contributed by atoms with Crippen LogP contribution in [0.25, 0.3) is 0 Å². The molecule has 0 aliphatic heterocycles. The maximum Gasteiger partial charge on any atom is 2.00 e. The van der Waals surface area contributed by atoms with Gasteiger partial charge in [-0.25, -0.2) is 0 Å². The Balaban J connectivity index is 0. The Labute approximate surface area is 95.3 Å². The Kier molecular flexibility index (Phi) is 9.09. The fourth-order valence-corrected chi connectivity index (χ4v) is 0.766. The molecule has 0 amide bonds. The SMILES string of the molecule is CC(C)c1[c-]cccc1.[Br-].[Mg+2]. The van der Waals surface area contributed by atoms with E-state index in [1.165, 1.54) is 5.56 Å². The van der Waals surface area contributed by atoms with Crippen LogP contribution in [0, 0.1) is 6.07 Å². The Morgan fingerprint density at radius 3 is 2.18 bits per heavy atom. The number of benzene rings is 1. The maximum absolute atomic E-state index is 3.17. The summed E-state index contributed by atoms with van der Waals surface area (Å²) in [4.78, 5) is 0. The van der Waals surface area contributed by atoms with Crippen molar-refractivity contribution in [1.29, 1.82) is 0 Å².